The van der Waals surface area contributed by atoms with Crippen molar-refractivity contribution in [3.05, 3.63) is 30.3 Å². The summed E-state index contributed by atoms with van der Waals surface area (Å²) in [5, 5.41) is 0. The summed E-state index contributed by atoms with van der Waals surface area (Å²) in [4.78, 5) is 0. The molecule has 0 aromatic heterocycles. The summed E-state index contributed by atoms with van der Waals surface area (Å²) in [6, 6.07) is 9.77. The zero-order valence-electron chi connectivity index (χ0n) is 5.24. The molecule has 1 rings (SSSR count). The summed E-state index contributed by atoms with van der Waals surface area (Å²) in [5.41, 5.74) is 0. The van der Waals surface area contributed by atoms with Gasteiger partial charge in [-0.2, -0.15) is 0 Å². The van der Waals surface area contributed by atoms with Gasteiger partial charge in [0.1, 0.15) is 14.6 Å². The molecule has 0 bridgehead atoms. The minimum absolute atomic E-state index is 0.932. The lowest BCUT2D eigenvalue weighted by Gasteiger charge is -1.97. The van der Waals surface area contributed by atoms with Crippen molar-refractivity contribution in [2.24, 2.45) is 0 Å². The van der Waals surface area contributed by atoms with Gasteiger partial charge in [0.05, 0.1) is 0 Å². The van der Waals surface area contributed by atoms with Crippen LogP contribution >= 0.6 is 8.81 Å². The van der Waals surface area contributed by atoms with Gasteiger partial charge in [0.2, 0.25) is 0 Å². The SMILES string of the molecule is C[P]Oc1ccccc1. The van der Waals surface area contributed by atoms with Crippen LogP contribution in [0, 0.1) is 0 Å². The van der Waals surface area contributed by atoms with E-state index in [4.69, 9.17) is 4.52 Å². The Bertz CT molecular complexity index is 162. The van der Waals surface area contributed by atoms with Crippen LogP contribution in [-0.2, 0) is 0 Å². The summed E-state index contributed by atoms with van der Waals surface area (Å²) in [6.45, 7) is 1.95. The first-order chi connectivity index (χ1) is 4.43. The van der Waals surface area contributed by atoms with Crippen molar-refractivity contribution in [1.82, 2.24) is 0 Å². The summed E-state index contributed by atoms with van der Waals surface area (Å²) in [6.07, 6.45) is 0. The van der Waals surface area contributed by atoms with E-state index in [0.29, 0.717) is 0 Å². The molecule has 0 aliphatic rings. The smallest absolute Gasteiger partial charge is 0.148 e. The van der Waals surface area contributed by atoms with Crippen LogP contribution in [0.15, 0.2) is 30.3 Å². The van der Waals surface area contributed by atoms with Crippen LogP contribution in [0.4, 0.5) is 0 Å². The molecule has 0 atom stereocenters. The summed E-state index contributed by atoms with van der Waals surface area (Å²) >= 11 is 0. The minimum atomic E-state index is 0.932. The Morgan fingerprint density at radius 3 is 2.44 bits per heavy atom. The highest BCUT2D eigenvalue weighted by molar-refractivity contribution is 7.31. The maximum Gasteiger partial charge on any atom is 0.148 e. The highest BCUT2D eigenvalue weighted by Crippen LogP contribution is 2.15. The van der Waals surface area contributed by atoms with Gasteiger partial charge in [-0.3, -0.25) is 0 Å². The van der Waals surface area contributed by atoms with E-state index >= 15 is 0 Å². The van der Waals surface area contributed by atoms with Gasteiger partial charge in [-0.25, -0.2) is 0 Å². The van der Waals surface area contributed by atoms with Crippen molar-refractivity contribution < 1.29 is 4.52 Å². The van der Waals surface area contributed by atoms with Gasteiger partial charge in [0.25, 0.3) is 0 Å². The highest BCUT2D eigenvalue weighted by Gasteiger charge is 1.85. The Labute approximate surface area is 56.9 Å². The second-order valence-corrected chi connectivity index (χ2v) is 2.13. The predicted octanol–water partition coefficient (Wildman–Crippen LogP) is 2.56. The first kappa shape index (κ1) is 6.57. The minimum Gasteiger partial charge on any atom is -0.466 e. The van der Waals surface area contributed by atoms with Gasteiger partial charge in [-0.15, -0.1) is 0 Å². The first-order valence-electron chi connectivity index (χ1n) is 2.74. The number of hydrogen-bond donors (Lipinski definition) is 0. The molecule has 2 heteroatoms. The van der Waals surface area contributed by atoms with Gasteiger partial charge in [-0.1, -0.05) is 18.2 Å². The van der Waals surface area contributed by atoms with E-state index < -0.39 is 0 Å². The molecule has 0 saturated carbocycles. The number of rotatable bonds is 2. The topological polar surface area (TPSA) is 9.23 Å². The van der Waals surface area contributed by atoms with Crippen molar-refractivity contribution in [2.45, 2.75) is 0 Å². The quantitative estimate of drug-likeness (QED) is 0.572. The Morgan fingerprint density at radius 1 is 1.22 bits per heavy atom. The molecule has 1 aromatic carbocycles. The van der Waals surface area contributed by atoms with Crippen molar-refractivity contribution in [1.29, 1.82) is 0 Å². The van der Waals surface area contributed by atoms with Crippen LogP contribution in [0.1, 0.15) is 0 Å². The van der Waals surface area contributed by atoms with Crippen molar-refractivity contribution in [3.8, 4) is 5.75 Å². The standard InChI is InChI=1S/C7H8OP/c1-9-8-7-5-3-2-4-6-7/h2-6H,1H3. The van der Waals surface area contributed by atoms with E-state index in [0.717, 1.165) is 14.6 Å². The molecule has 1 aromatic rings. The Hall–Kier alpha value is -0.550. The van der Waals surface area contributed by atoms with Gasteiger partial charge in [0, 0.05) is 0 Å². The summed E-state index contributed by atoms with van der Waals surface area (Å²) < 4.78 is 5.18. The van der Waals surface area contributed by atoms with Gasteiger partial charge < -0.3 is 4.52 Å². The normalized spacial score (nSPS) is 10.3. The zero-order chi connectivity index (χ0) is 6.53. The first-order valence-corrected chi connectivity index (χ1v) is 4.00. The number of benzene rings is 1. The fourth-order valence-electron chi connectivity index (χ4n) is 0.587. The molecule has 0 heterocycles. The van der Waals surface area contributed by atoms with Crippen LogP contribution in [0.25, 0.3) is 0 Å². The van der Waals surface area contributed by atoms with E-state index in [-0.39, 0.29) is 0 Å². The molecule has 0 unspecified atom stereocenters. The monoisotopic (exact) mass is 139 g/mol. The number of para-hydroxylation sites is 1. The molecule has 0 aliphatic carbocycles. The third-order valence-corrected chi connectivity index (χ3v) is 1.33. The Kier molecular flexibility index (Phi) is 2.53. The molecule has 1 nitrogen and oxygen atoms in total. The molecule has 0 fully saturated rings. The molecule has 0 amide bonds. The van der Waals surface area contributed by atoms with Crippen LogP contribution in [0.5, 0.6) is 5.75 Å². The lowest BCUT2D eigenvalue weighted by molar-refractivity contribution is 0.635. The lowest BCUT2D eigenvalue weighted by Crippen LogP contribution is -1.73. The molecular weight excluding hydrogens is 131 g/mol. The van der Waals surface area contributed by atoms with E-state index in [2.05, 4.69) is 0 Å². The zero-order valence-corrected chi connectivity index (χ0v) is 6.14. The van der Waals surface area contributed by atoms with Crippen LogP contribution in [0.3, 0.4) is 0 Å². The van der Waals surface area contributed by atoms with Crippen LogP contribution in [0.2, 0.25) is 0 Å². The van der Waals surface area contributed by atoms with E-state index in [1.807, 2.05) is 37.0 Å². The van der Waals surface area contributed by atoms with Crippen molar-refractivity contribution in [3.63, 3.8) is 0 Å². The number of hydrogen-bond acceptors (Lipinski definition) is 1. The average Bonchev–Trinajstić information content (AvgIpc) is 1.91. The largest absolute Gasteiger partial charge is 0.466 e. The van der Waals surface area contributed by atoms with Gasteiger partial charge in [0.15, 0.2) is 0 Å². The van der Waals surface area contributed by atoms with E-state index in [9.17, 15) is 0 Å². The molecule has 1 radical (unpaired) electrons. The van der Waals surface area contributed by atoms with Crippen LogP contribution < -0.4 is 4.52 Å². The molecule has 0 aliphatic heterocycles. The van der Waals surface area contributed by atoms with E-state index in [1.54, 1.807) is 0 Å². The fraction of sp³-hybridized carbons (Fsp3) is 0.143. The molecular formula is C7H8OP. The fourth-order valence-corrected chi connectivity index (χ4v) is 0.919. The maximum absolute atomic E-state index is 5.18. The lowest BCUT2D eigenvalue weighted by atomic mass is 10.3. The van der Waals surface area contributed by atoms with Crippen molar-refractivity contribution in [2.75, 3.05) is 6.66 Å². The molecule has 9 heavy (non-hydrogen) atoms. The predicted molar refractivity (Wildman–Crippen MR) is 39.9 cm³/mol. The third-order valence-electron chi connectivity index (χ3n) is 0.940. The molecule has 0 saturated heterocycles. The van der Waals surface area contributed by atoms with Crippen LogP contribution in [-0.4, -0.2) is 6.66 Å². The second-order valence-electron chi connectivity index (χ2n) is 1.59. The van der Waals surface area contributed by atoms with E-state index in [1.165, 1.54) is 0 Å². The van der Waals surface area contributed by atoms with Crippen molar-refractivity contribution >= 4 is 8.81 Å². The Morgan fingerprint density at radius 2 is 1.89 bits per heavy atom. The average molecular weight is 139 g/mol. The highest BCUT2D eigenvalue weighted by atomic mass is 31.1. The Balaban J connectivity index is 2.61. The summed E-state index contributed by atoms with van der Waals surface area (Å²) in [5.74, 6) is 0.932. The summed E-state index contributed by atoms with van der Waals surface area (Å²) in [7, 11) is 0.945. The molecule has 0 N–H and O–H groups in total. The third kappa shape index (κ3) is 2.03. The van der Waals surface area contributed by atoms with Gasteiger partial charge in [-0.05, 0) is 18.8 Å². The van der Waals surface area contributed by atoms with Gasteiger partial charge >= 0.3 is 0 Å². The molecule has 0 spiro atoms. The molecule has 47 valence electrons. The maximum atomic E-state index is 5.18. The second kappa shape index (κ2) is 3.47.